The van der Waals surface area contributed by atoms with E-state index in [4.69, 9.17) is 0 Å². The third kappa shape index (κ3) is 2.09. The largest absolute Gasteiger partial charge is 0.384 e. The molecule has 0 aromatic heterocycles. The van der Waals surface area contributed by atoms with Gasteiger partial charge in [0.1, 0.15) is 0 Å². The van der Waals surface area contributed by atoms with Gasteiger partial charge in [0.2, 0.25) is 0 Å². The fraction of sp³-hybridized carbons (Fsp3) is 0.125. The smallest absolute Gasteiger partial charge is 0.0422 e. The van der Waals surface area contributed by atoms with Crippen molar-refractivity contribution in [3.05, 3.63) is 71.3 Å². The Morgan fingerprint density at radius 1 is 0.882 bits per heavy atom. The first kappa shape index (κ1) is 10.2. The van der Waals surface area contributed by atoms with E-state index in [0.717, 1.165) is 13.0 Å². The fourth-order valence-electron chi connectivity index (χ4n) is 2.27. The maximum Gasteiger partial charge on any atom is 0.0422 e. The fourth-order valence-corrected chi connectivity index (χ4v) is 2.27. The van der Waals surface area contributed by atoms with E-state index >= 15 is 0 Å². The van der Waals surface area contributed by atoms with Crippen LogP contribution < -0.4 is 5.32 Å². The predicted octanol–water partition coefficient (Wildman–Crippen LogP) is 3.33. The van der Waals surface area contributed by atoms with Gasteiger partial charge in [-0.05, 0) is 23.6 Å². The van der Waals surface area contributed by atoms with Crippen molar-refractivity contribution < 1.29 is 0 Å². The molecular formula is C16H15N. The van der Waals surface area contributed by atoms with E-state index in [1.54, 1.807) is 0 Å². The number of hydrogen-bond acceptors (Lipinski definition) is 1. The molecule has 0 radical (unpaired) electrons. The van der Waals surface area contributed by atoms with Gasteiger partial charge >= 0.3 is 0 Å². The topological polar surface area (TPSA) is 12.0 Å². The van der Waals surface area contributed by atoms with Gasteiger partial charge in [-0.2, -0.15) is 0 Å². The average molecular weight is 221 g/mol. The molecule has 17 heavy (non-hydrogen) atoms. The Labute approximate surface area is 102 Å². The maximum absolute atomic E-state index is 3.48. The van der Waals surface area contributed by atoms with Crippen LogP contribution in [-0.2, 0) is 6.42 Å². The highest BCUT2D eigenvalue weighted by atomic mass is 14.9. The molecule has 1 aliphatic heterocycles. The van der Waals surface area contributed by atoms with Crippen LogP contribution in [0.4, 0.5) is 0 Å². The molecule has 1 aliphatic rings. The molecule has 0 bridgehead atoms. The van der Waals surface area contributed by atoms with Gasteiger partial charge in [0.25, 0.3) is 0 Å². The second-order valence-corrected chi connectivity index (χ2v) is 4.30. The summed E-state index contributed by atoms with van der Waals surface area (Å²) in [4.78, 5) is 0. The van der Waals surface area contributed by atoms with E-state index < -0.39 is 0 Å². The number of nitrogens with one attached hydrogen (secondary N) is 1. The van der Waals surface area contributed by atoms with Gasteiger partial charge in [0, 0.05) is 17.8 Å². The van der Waals surface area contributed by atoms with Gasteiger partial charge in [0.05, 0.1) is 0 Å². The maximum atomic E-state index is 3.48. The molecule has 1 heteroatoms. The normalized spacial score (nSPS) is 16.4. The molecule has 1 N–H and O–H groups in total. The Kier molecular flexibility index (Phi) is 2.66. The molecule has 0 atom stereocenters. The molecule has 0 spiro atoms. The van der Waals surface area contributed by atoms with Crippen molar-refractivity contribution in [3.63, 3.8) is 0 Å². The lowest BCUT2D eigenvalue weighted by Gasteiger charge is -2.21. The molecule has 2 aromatic rings. The van der Waals surface area contributed by atoms with E-state index in [1.165, 1.54) is 22.4 Å². The molecule has 0 aliphatic carbocycles. The summed E-state index contributed by atoms with van der Waals surface area (Å²) >= 11 is 0. The zero-order valence-electron chi connectivity index (χ0n) is 9.69. The van der Waals surface area contributed by atoms with Crippen molar-refractivity contribution >= 4 is 11.8 Å². The van der Waals surface area contributed by atoms with Crippen molar-refractivity contribution in [2.75, 3.05) is 6.54 Å². The van der Waals surface area contributed by atoms with Gasteiger partial charge in [-0.3, -0.25) is 0 Å². The van der Waals surface area contributed by atoms with Crippen LogP contribution in [0.15, 0.2) is 54.6 Å². The first-order chi connectivity index (χ1) is 8.43. The number of rotatable bonds is 1. The highest BCUT2D eigenvalue weighted by Gasteiger charge is 2.11. The van der Waals surface area contributed by atoms with Crippen LogP contribution in [0.3, 0.4) is 0 Å². The third-order valence-electron chi connectivity index (χ3n) is 3.13. The Hall–Kier alpha value is -2.02. The minimum absolute atomic E-state index is 1.02. The summed E-state index contributed by atoms with van der Waals surface area (Å²) < 4.78 is 0. The van der Waals surface area contributed by atoms with Gasteiger partial charge in [-0.1, -0.05) is 54.6 Å². The monoisotopic (exact) mass is 221 g/mol. The first-order valence-corrected chi connectivity index (χ1v) is 6.02. The molecule has 1 heterocycles. The second-order valence-electron chi connectivity index (χ2n) is 4.30. The van der Waals surface area contributed by atoms with E-state index in [0.29, 0.717) is 0 Å². The van der Waals surface area contributed by atoms with Crippen LogP contribution in [0.1, 0.15) is 16.7 Å². The van der Waals surface area contributed by atoms with Gasteiger partial charge in [-0.25, -0.2) is 0 Å². The molecule has 84 valence electrons. The van der Waals surface area contributed by atoms with Crippen molar-refractivity contribution in [1.82, 2.24) is 5.32 Å². The minimum Gasteiger partial charge on any atom is -0.384 e. The molecule has 0 saturated carbocycles. The van der Waals surface area contributed by atoms with E-state index in [2.05, 4.69) is 59.9 Å². The molecule has 3 rings (SSSR count). The SMILES string of the molecule is C(=C1/NCCc2ccccc21)/c1ccccc1. The summed E-state index contributed by atoms with van der Waals surface area (Å²) in [6.07, 6.45) is 3.33. The summed E-state index contributed by atoms with van der Waals surface area (Å²) in [5.41, 5.74) is 5.25. The van der Waals surface area contributed by atoms with Gasteiger partial charge in [0.15, 0.2) is 0 Å². The number of hydrogen-bond donors (Lipinski definition) is 1. The predicted molar refractivity (Wildman–Crippen MR) is 72.5 cm³/mol. The van der Waals surface area contributed by atoms with Crippen LogP contribution in [0, 0.1) is 0 Å². The average Bonchev–Trinajstić information content (AvgIpc) is 2.40. The molecule has 0 amide bonds. The molecular weight excluding hydrogens is 206 g/mol. The summed E-state index contributed by atoms with van der Waals surface area (Å²) in [7, 11) is 0. The summed E-state index contributed by atoms with van der Waals surface area (Å²) in [6.45, 7) is 1.02. The van der Waals surface area contributed by atoms with E-state index in [9.17, 15) is 0 Å². The lowest BCUT2D eigenvalue weighted by Crippen LogP contribution is -2.22. The molecule has 2 aromatic carbocycles. The molecule has 0 unspecified atom stereocenters. The van der Waals surface area contributed by atoms with E-state index in [1.807, 2.05) is 6.07 Å². The standard InChI is InChI=1S/C16H15N/c1-2-6-13(7-3-1)12-16-15-9-5-4-8-14(15)10-11-17-16/h1-9,12,17H,10-11H2/b16-12-. The van der Waals surface area contributed by atoms with Crippen LogP contribution >= 0.6 is 0 Å². The van der Waals surface area contributed by atoms with Crippen molar-refractivity contribution in [1.29, 1.82) is 0 Å². The third-order valence-corrected chi connectivity index (χ3v) is 3.13. The van der Waals surface area contributed by atoms with Gasteiger partial charge < -0.3 is 5.32 Å². The van der Waals surface area contributed by atoms with Crippen LogP contribution in [0.2, 0.25) is 0 Å². The van der Waals surface area contributed by atoms with Crippen molar-refractivity contribution in [2.24, 2.45) is 0 Å². The van der Waals surface area contributed by atoms with E-state index in [-0.39, 0.29) is 0 Å². The van der Waals surface area contributed by atoms with Crippen LogP contribution in [-0.4, -0.2) is 6.54 Å². The summed E-state index contributed by atoms with van der Waals surface area (Å²) in [5, 5.41) is 3.48. The zero-order valence-corrected chi connectivity index (χ0v) is 9.69. The quantitative estimate of drug-likeness (QED) is 0.779. The highest BCUT2D eigenvalue weighted by Crippen LogP contribution is 2.23. The van der Waals surface area contributed by atoms with Crippen molar-refractivity contribution in [2.45, 2.75) is 6.42 Å². The number of fused-ring (bicyclic) bond motifs is 1. The van der Waals surface area contributed by atoms with Crippen molar-refractivity contribution in [3.8, 4) is 0 Å². The zero-order chi connectivity index (χ0) is 11.5. The molecule has 0 saturated heterocycles. The Morgan fingerprint density at radius 3 is 2.53 bits per heavy atom. The number of benzene rings is 2. The minimum atomic E-state index is 1.02. The summed E-state index contributed by atoms with van der Waals surface area (Å²) in [5.74, 6) is 0. The van der Waals surface area contributed by atoms with Gasteiger partial charge in [-0.15, -0.1) is 0 Å². The Morgan fingerprint density at radius 2 is 1.65 bits per heavy atom. The lowest BCUT2D eigenvalue weighted by atomic mass is 9.97. The Bertz CT molecular complexity index is 540. The first-order valence-electron chi connectivity index (χ1n) is 6.02. The Balaban J connectivity index is 2.03. The molecule has 1 nitrogen and oxygen atoms in total. The van der Waals surface area contributed by atoms with Crippen LogP contribution in [0.25, 0.3) is 11.8 Å². The summed E-state index contributed by atoms with van der Waals surface area (Å²) in [6, 6.07) is 19.1. The van der Waals surface area contributed by atoms with Crippen LogP contribution in [0.5, 0.6) is 0 Å². The lowest BCUT2D eigenvalue weighted by molar-refractivity contribution is 0.817. The molecule has 0 fully saturated rings. The second kappa shape index (κ2) is 4.46. The highest BCUT2D eigenvalue weighted by molar-refractivity contribution is 5.82.